The van der Waals surface area contributed by atoms with Gasteiger partial charge in [-0.1, -0.05) is 294 Å². The van der Waals surface area contributed by atoms with Gasteiger partial charge in [0.25, 0.3) is 0 Å². The van der Waals surface area contributed by atoms with E-state index in [-0.39, 0.29) is 18.5 Å². The molecule has 0 radical (unpaired) electrons. The molecule has 1 amide bonds. The second kappa shape index (κ2) is 59.6. The van der Waals surface area contributed by atoms with Crippen molar-refractivity contribution in [3.63, 3.8) is 0 Å². The SMILES string of the molecule is CCCCCCCCCCCCCCCCCCC/C=C/C(O)C(CO)NC(=O)CCCCCCCCC/C=C\C/C=C\CCCCCCCCCCCOC(=O)CCCCCCCCCCCCC. The van der Waals surface area contributed by atoms with Gasteiger partial charge in [0.05, 0.1) is 25.4 Å². The van der Waals surface area contributed by atoms with E-state index in [0.29, 0.717) is 19.4 Å². The monoisotopic (exact) mass is 984 g/mol. The fourth-order valence-electron chi connectivity index (χ4n) is 9.61. The van der Waals surface area contributed by atoms with E-state index in [1.807, 2.05) is 6.08 Å². The van der Waals surface area contributed by atoms with Crippen molar-refractivity contribution >= 4 is 11.9 Å². The van der Waals surface area contributed by atoms with Crippen molar-refractivity contribution in [2.45, 2.75) is 347 Å². The Labute approximate surface area is 436 Å². The molecule has 0 fully saturated rings. The molecular weight excluding hydrogens is 863 g/mol. The van der Waals surface area contributed by atoms with Crippen LogP contribution in [0.4, 0.5) is 0 Å². The summed E-state index contributed by atoms with van der Waals surface area (Å²) in [5.74, 6) is -0.0700. The summed E-state index contributed by atoms with van der Waals surface area (Å²) in [6.45, 7) is 4.91. The molecule has 0 aromatic carbocycles. The molecule has 0 aromatic rings. The zero-order chi connectivity index (χ0) is 50.7. The number of aliphatic hydroxyl groups is 2. The van der Waals surface area contributed by atoms with Crippen molar-refractivity contribution in [1.82, 2.24) is 5.32 Å². The minimum atomic E-state index is -0.852. The number of hydrogen-bond donors (Lipinski definition) is 3. The first-order valence-corrected chi connectivity index (χ1v) is 31.3. The normalized spacial score (nSPS) is 12.8. The fourth-order valence-corrected chi connectivity index (χ4v) is 9.61. The third-order valence-corrected chi connectivity index (χ3v) is 14.4. The summed E-state index contributed by atoms with van der Waals surface area (Å²) in [5, 5.41) is 23.2. The molecule has 2 unspecified atom stereocenters. The van der Waals surface area contributed by atoms with Gasteiger partial charge in [-0.2, -0.15) is 0 Å². The maximum absolute atomic E-state index is 12.5. The molecule has 0 aromatic heterocycles. The van der Waals surface area contributed by atoms with Crippen molar-refractivity contribution in [2.75, 3.05) is 13.2 Å². The third kappa shape index (κ3) is 55.4. The average molecular weight is 985 g/mol. The largest absolute Gasteiger partial charge is 0.466 e. The molecule has 6 nitrogen and oxygen atoms in total. The second-order valence-corrected chi connectivity index (χ2v) is 21.4. The predicted octanol–water partition coefficient (Wildman–Crippen LogP) is 19.6. The molecule has 0 rings (SSSR count). The van der Waals surface area contributed by atoms with Gasteiger partial charge in [-0.15, -0.1) is 0 Å². The highest BCUT2D eigenvalue weighted by Gasteiger charge is 2.18. The lowest BCUT2D eigenvalue weighted by Crippen LogP contribution is -2.45. The maximum Gasteiger partial charge on any atom is 0.305 e. The fraction of sp³-hybridized carbons (Fsp3) is 0.875. The Bertz CT molecular complexity index is 1130. The summed E-state index contributed by atoms with van der Waals surface area (Å²) in [7, 11) is 0. The average Bonchev–Trinajstić information content (AvgIpc) is 3.36. The van der Waals surface area contributed by atoms with Crippen molar-refractivity contribution in [1.29, 1.82) is 0 Å². The van der Waals surface area contributed by atoms with E-state index < -0.39 is 12.1 Å². The molecule has 0 saturated heterocycles. The van der Waals surface area contributed by atoms with Gasteiger partial charge in [-0.25, -0.2) is 0 Å². The Kier molecular flexibility index (Phi) is 58.0. The Balaban J connectivity index is 3.49. The summed E-state index contributed by atoms with van der Waals surface area (Å²) >= 11 is 0. The topological polar surface area (TPSA) is 95.9 Å². The maximum atomic E-state index is 12.5. The molecule has 0 aliphatic rings. The van der Waals surface area contributed by atoms with Gasteiger partial charge in [-0.3, -0.25) is 9.59 Å². The zero-order valence-electron chi connectivity index (χ0n) is 47.0. The molecule has 2 atom stereocenters. The molecule has 70 heavy (non-hydrogen) atoms. The lowest BCUT2D eigenvalue weighted by molar-refractivity contribution is -0.143. The van der Waals surface area contributed by atoms with Gasteiger partial charge < -0.3 is 20.3 Å². The van der Waals surface area contributed by atoms with E-state index >= 15 is 0 Å². The third-order valence-electron chi connectivity index (χ3n) is 14.4. The molecular formula is C64H121NO5. The lowest BCUT2D eigenvalue weighted by atomic mass is 10.0. The van der Waals surface area contributed by atoms with Gasteiger partial charge in [0.2, 0.25) is 5.91 Å². The van der Waals surface area contributed by atoms with Crippen LogP contribution in [0.25, 0.3) is 0 Å². The first-order valence-electron chi connectivity index (χ1n) is 31.3. The van der Waals surface area contributed by atoms with Crippen LogP contribution in [0.15, 0.2) is 36.5 Å². The number of ether oxygens (including phenoxy) is 1. The zero-order valence-corrected chi connectivity index (χ0v) is 47.0. The van der Waals surface area contributed by atoms with E-state index in [1.165, 1.54) is 250 Å². The van der Waals surface area contributed by atoms with Gasteiger partial charge in [0.15, 0.2) is 0 Å². The molecule has 3 N–H and O–H groups in total. The number of unbranched alkanes of at least 4 members (excludes halogenated alkanes) is 43. The summed E-state index contributed by atoms with van der Waals surface area (Å²) in [5.41, 5.74) is 0. The highest BCUT2D eigenvalue weighted by Crippen LogP contribution is 2.17. The highest BCUT2D eigenvalue weighted by molar-refractivity contribution is 5.76. The van der Waals surface area contributed by atoms with Crippen molar-refractivity contribution < 1.29 is 24.5 Å². The Morgan fingerprint density at radius 3 is 1.09 bits per heavy atom. The van der Waals surface area contributed by atoms with E-state index in [9.17, 15) is 19.8 Å². The Hall–Kier alpha value is -1.92. The lowest BCUT2D eigenvalue weighted by Gasteiger charge is -2.20. The van der Waals surface area contributed by atoms with Gasteiger partial charge >= 0.3 is 5.97 Å². The quantitative estimate of drug-likeness (QED) is 0.0321. The first kappa shape index (κ1) is 68.1. The predicted molar refractivity (Wildman–Crippen MR) is 306 cm³/mol. The molecule has 6 heteroatoms. The first-order chi connectivity index (χ1) is 34.5. The standard InChI is InChI=1S/C64H121NO5/c1-3-5-7-9-11-13-15-16-17-18-24-27-30-33-37-40-44-48-52-56-62(67)61(60-66)65-63(68)57-53-49-45-41-38-34-31-28-25-22-20-19-21-23-26-29-32-35-39-43-47-51-55-59-70-64(69)58-54-50-46-42-36-14-12-10-8-6-4-2/h19,21-22,25,52,56,61-62,66-67H,3-18,20,23-24,26-51,53-55,57-60H2,1-2H3,(H,65,68)/b21-19-,25-22-,56-52+. The van der Waals surface area contributed by atoms with E-state index in [4.69, 9.17) is 4.74 Å². The smallest absolute Gasteiger partial charge is 0.305 e. The van der Waals surface area contributed by atoms with Crippen LogP contribution in [0.2, 0.25) is 0 Å². The Morgan fingerprint density at radius 1 is 0.400 bits per heavy atom. The van der Waals surface area contributed by atoms with E-state index in [0.717, 1.165) is 57.8 Å². The minimum Gasteiger partial charge on any atom is -0.466 e. The van der Waals surface area contributed by atoms with Crippen LogP contribution in [0.3, 0.4) is 0 Å². The number of nitrogens with one attached hydrogen (secondary N) is 1. The summed E-state index contributed by atoms with van der Waals surface area (Å²) < 4.78 is 5.46. The van der Waals surface area contributed by atoms with Crippen LogP contribution >= 0.6 is 0 Å². The number of esters is 1. The van der Waals surface area contributed by atoms with Crippen molar-refractivity contribution in [2.24, 2.45) is 0 Å². The number of aliphatic hydroxyl groups excluding tert-OH is 2. The van der Waals surface area contributed by atoms with Gasteiger partial charge in [0.1, 0.15) is 0 Å². The number of hydrogen-bond acceptors (Lipinski definition) is 5. The summed E-state index contributed by atoms with van der Waals surface area (Å²) in [6.07, 6.45) is 74.7. The van der Waals surface area contributed by atoms with Crippen LogP contribution in [-0.2, 0) is 14.3 Å². The van der Waals surface area contributed by atoms with Gasteiger partial charge in [0, 0.05) is 12.8 Å². The summed E-state index contributed by atoms with van der Waals surface area (Å²) in [6, 6.07) is -0.636. The molecule has 0 aliphatic carbocycles. The van der Waals surface area contributed by atoms with Crippen molar-refractivity contribution in [3.8, 4) is 0 Å². The van der Waals surface area contributed by atoms with Crippen LogP contribution < -0.4 is 5.32 Å². The molecule has 412 valence electrons. The highest BCUT2D eigenvalue weighted by atomic mass is 16.5. The molecule has 0 aliphatic heterocycles. The molecule has 0 saturated carbocycles. The number of amides is 1. The van der Waals surface area contributed by atoms with Crippen LogP contribution in [-0.4, -0.2) is 47.4 Å². The minimum absolute atomic E-state index is 0.00624. The molecule has 0 heterocycles. The number of carbonyl (C=O) groups is 2. The molecule has 0 spiro atoms. The molecule has 0 bridgehead atoms. The Morgan fingerprint density at radius 2 is 0.714 bits per heavy atom. The van der Waals surface area contributed by atoms with Crippen LogP contribution in [0.5, 0.6) is 0 Å². The number of rotatable bonds is 58. The number of carbonyl (C=O) groups excluding carboxylic acids is 2. The van der Waals surface area contributed by atoms with Crippen LogP contribution in [0, 0.1) is 0 Å². The van der Waals surface area contributed by atoms with Crippen molar-refractivity contribution in [3.05, 3.63) is 36.5 Å². The van der Waals surface area contributed by atoms with E-state index in [1.54, 1.807) is 6.08 Å². The van der Waals surface area contributed by atoms with E-state index in [2.05, 4.69) is 43.5 Å². The van der Waals surface area contributed by atoms with Gasteiger partial charge in [-0.05, 0) is 64.2 Å². The number of allylic oxidation sites excluding steroid dienone is 5. The van der Waals surface area contributed by atoms with Crippen LogP contribution in [0.1, 0.15) is 335 Å². The summed E-state index contributed by atoms with van der Waals surface area (Å²) in [4.78, 5) is 24.5. The second-order valence-electron chi connectivity index (χ2n) is 21.4.